The van der Waals surface area contributed by atoms with Gasteiger partial charge < -0.3 is 14.9 Å². The Morgan fingerprint density at radius 1 is 1.35 bits per heavy atom. The second kappa shape index (κ2) is 5.48. The van der Waals surface area contributed by atoms with Gasteiger partial charge in [-0.25, -0.2) is 13.1 Å². The Bertz CT molecular complexity index is 586. The molecule has 0 amide bonds. The summed E-state index contributed by atoms with van der Waals surface area (Å²) in [7, 11) is -3.64. The van der Waals surface area contributed by atoms with Gasteiger partial charge in [-0.15, -0.1) is 0 Å². The van der Waals surface area contributed by atoms with Crippen LogP contribution >= 0.6 is 0 Å². The van der Waals surface area contributed by atoms with Crippen molar-refractivity contribution in [1.82, 2.24) is 4.72 Å². The molecular weight excluding hydrogens is 280 g/mol. The smallest absolute Gasteiger partial charge is 0.244 e. The van der Waals surface area contributed by atoms with Crippen molar-refractivity contribution in [2.24, 2.45) is 5.73 Å². The van der Waals surface area contributed by atoms with Crippen LogP contribution in [0.15, 0.2) is 9.31 Å². The summed E-state index contributed by atoms with van der Waals surface area (Å²) in [6.45, 7) is 6.33. The first-order valence-corrected chi connectivity index (χ1v) is 8.20. The zero-order valence-electron chi connectivity index (χ0n) is 12.2. The Morgan fingerprint density at radius 3 is 2.60 bits per heavy atom. The van der Waals surface area contributed by atoms with E-state index in [0.29, 0.717) is 23.7 Å². The first-order chi connectivity index (χ1) is 9.29. The third kappa shape index (κ3) is 2.90. The van der Waals surface area contributed by atoms with Crippen molar-refractivity contribution in [3.63, 3.8) is 0 Å². The highest BCUT2D eigenvalue weighted by Crippen LogP contribution is 2.28. The summed E-state index contributed by atoms with van der Waals surface area (Å²) in [4.78, 5) is 0.166. The molecule has 0 spiro atoms. The lowest BCUT2D eigenvalue weighted by molar-refractivity contribution is 0.0250. The topological polar surface area (TPSA) is 94.6 Å². The van der Waals surface area contributed by atoms with Gasteiger partial charge in [-0.3, -0.25) is 0 Å². The van der Waals surface area contributed by atoms with Crippen LogP contribution in [0.3, 0.4) is 0 Å². The van der Waals surface area contributed by atoms with Crippen molar-refractivity contribution in [2.45, 2.75) is 50.7 Å². The molecule has 1 aliphatic rings. The highest BCUT2D eigenvalue weighted by atomic mass is 32.2. The lowest BCUT2D eigenvalue weighted by atomic mass is 10.0. The molecule has 6 nitrogen and oxygen atoms in total. The first-order valence-electron chi connectivity index (χ1n) is 6.72. The Hall–Kier alpha value is -0.890. The summed E-state index contributed by atoms with van der Waals surface area (Å²) >= 11 is 0. The van der Waals surface area contributed by atoms with E-state index in [-0.39, 0.29) is 18.0 Å². The van der Waals surface area contributed by atoms with E-state index in [1.807, 2.05) is 6.92 Å². The number of nitrogens with one attached hydrogen (secondary N) is 1. The maximum Gasteiger partial charge on any atom is 0.244 e. The third-order valence-electron chi connectivity index (χ3n) is 3.73. The normalized spacial score (nSPS) is 23.4. The highest BCUT2D eigenvalue weighted by molar-refractivity contribution is 7.89. The molecule has 1 fully saturated rings. The number of nitrogens with two attached hydrogens (primary N) is 1. The molecule has 1 aromatic rings. The van der Waals surface area contributed by atoms with Gasteiger partial charge in [0, 0.05) is 25.3 Å². The van der Waals surface area contributed by atoms with Crippen LogP contribution in [0, 0.1) is 13.8 Å². The SMILES string of the molecule is Cc1oc(C)c(S(=O)(=O)NCC2(C)CCCO2)c1CN. The van der Waals surface area contributed by atoms with Crippen molar-refractivity contribution in [3.8, 4) is 0 Å². The summed E-state index contributed by atoms with van der Waals surface area (Å²) in [6, 6.07) is 0. The van der Waals surface area contributed by atoms with Crippen LogP contribution < -0.4 is 10.5 Å². The van der Waals surface area contributed by atoms with E-state index >= 15 is 0 Å². The molecule has 20 heavy (non-hydrogen) atoms. The fourth-order valence-electron chi connectivity index (χ4n) is 2.59. The van der Waals surface area contributed by atoms with Gasteiger partial charge in [0.25, 0.3) is 0 Å². The predicted molar refractivity (Wildman–Crippen MR) is 74.9 cm³/mol. The molecule has 0 radical (unpaired) electrons. The Labute approximate surface area is 119 Å². The maximum atomic E-state index is 12.5. The second-order valence-corrected chi connectivity index (χ2v) is 7.16. The fraction of sp³-hybridized carbons (Fsp3) is 0.692. The van der Waals surface area contributed by atoms with Crippen molar-refractivity contribution < 1.29 is 17.6 Å². The van der Waals surface area contributed by atoms with Gasteiger partial charge in [-0.05, 0) is 33.6 Å². The van der Waals surface area contributed by atoms with Gasteiger partial charge in [0.15, 0.2) is 0 Å². The second-order valence-electron chi connectivity index (χ2n) is 5.45. The number of hydrogen-bond acceptors (Lipinski definition) is 5. The number of hydrogen-bond donors (Lipinski definition) is 2. The van der Waals surface area contributed by atoms with E-state index in [4.69, 9.17) is 14.9 Å². The summed E-state index contributed by atoms with van der Waals surface area (Å²) in [5, 5.41) is 0. The van der Waals surface area contributed by atoms with Gasteiger partial charge in [0.2, 0.25) is 10.0 Å². The van der Waals surface area contributed by atoms with E-state index in [2.05, 4.69) is 4.72 Å². The summed E-state index contributed by atoms with van der Waals surface area (Å²) in [6.07, 6.45) is 1.80. The van der Waals surface area contributed by atoms with Gasteiger partial charge in [-0.1, -0.05) is 0 Å². The van der Waals surface area contributed by atoms with Crippen LogP contribution in [0.2, 0.25) is 0 Å². The fourth-order valence-corrected chi connectivity index (χ4v) is 4.21. The molecular formula is C13H22N2O4S. The molecule has 1 saturated heterocycles. The van der Waals surface area contributed by atoms with Crippen LogP contribution in [-0.2, 0) is 21.3 Å². The monoisotopic (exact) mass is 302 g/mol. The maximum absolute atomic E-state index is 12.5. The van der Waals surface area contributed by atoms with E-state index in [1.54, 1.807) is 13.8 Å². The van der Waals surface area contributed by atoms with Crippen LogP contribution in [-0.4, -0.2) is 27.2 Å². The molecule has 2 rings (SSSR count). The molecule has 0 aliphatic carbocycles. The van der Waals surface area contributed by atoms with Crippen molar-refractivity contribution in [1.29, 1.82) is 0 Å². The Morgan fingerprint density at radius 2 is 2.05 bits per heavy atom. The minimum Gasteiger partial charge on any atom is -0.465 e. The summed E-state index contributed by atoms with van der Waals surface area (Å²) in [5.74, 6) is 0.918. The van der Waals surface area contributed by atoms with Crippen LogP contribution in [0.25, 0.3) is 0 Å². The molecule has 1 aliphatic heterocycles. The number of sulfonamides is 1. The average Bonchev–Trinajstić information content (AvgIpc) is 2.91. The van der Waals surface area contributed by atoms with E-state index < -0.39 is 15.6 Å². The van der Waals surface area contributed by atoms with Crippen LogP contribution in [0.1, 0.15) is 36.8 Å². The van der Waals surface area contributed by atoms with E-state index in [1.165, 1.54) is 0 Å². The van der Waals surface area contributed by atoms with Crippen molar-refractivity contribution in [3.05, 3.63) is 17.1 Å². The number of ether oxygens (including phenoxy) is 1. The Kier molecular flexibility index (Phi) is 4.24. The minimum atomic E-state index is -3.64. The molecule has 0 aromatic carbocycles. The van der Waals surface area contributed by atoms with E-state index in [9.17, 15) is 8.42 Å². The van der Waals surface area contributed by atoms with Gasteiger partial charge in [-0.2, -0.15) is 0 Å². The Balaban J connectivity index is 2.22. The van der Waals surface area contributed by atoms with Gasteiger partial charge >= 0.3 is 0 Å². The lowest BCUT2D eigenvalue weighted by Crippen LogP contribution is -2.40. The zero-order chi connectivity index (χ0) is 15.0. The molecule has 0 saturated carbocycles. The predicted octanol–water partition coefficient (Wildman–Crippen LogP) is 1.20. The van der Waals surface area contributed by atoms with Gasteiger partial charge in [0.1, 0.15) is 16.4 Å². The standard InChI is InChI=1S/C13H22N2O4S/c1-9-11(7-14)12(10(2)19-9)20(16,17)15-8-13(3)5-4-6-18-13/h15H,4-8,14H2,1-3H3. The molecule has 114 valence electrons. The highest BCUT2D eigenvalue weighted by Gasteiger charge is 2.33. The van der Waals surface area contributed by atoms with E-state index in [0.717, 1.165) is 12.8 Å². The zero-order valence-corrected chi connectivity index (χ0v) is 13.0. The number of furan rings is 1. The molecule has 1 atom stereocenters. The number of rotatable bonds is 5. The largest absolute Gasteiger partial charge is 0.465 e. The summed E-state index contributed by atoms with van der Waals surface area (Å²) in [5.41, 5.74) is 5.74. The third-order valence-corrected chi connectivity index (χ3v) is 5.33. The van der Waals surface area contributed by atoms with Gasteiger partial charge in [0.05, 0.1) is 5.60 Å². The molecule has 3 N–H and O–H groups in total. The summed E-state index contributed by atoms with van der Waals surface area (Å²) < 4.78 is 38.5. The minimum absolute atomic E-state index is 0.132. The molecule has 2 heterocycles. The first kappa shape index (κ1) is 15.5. The lowest BCUT2D eigenvalue weighted by Gasteiger charge is -2.23. The van der Waals surface area contributed by atoms with Crippen LogP contribution in [0.4, 0.5) is 0 Å². The molecule has 7 heteroatoms. The van der Waals surface area contributed by atoms with Crippen LogP contribution in [0.5, 0.6) is 0 Å². The van der Waals surface area contributed by atoms with Crippen molar-refractivity contribution in [2.75, 3.05) is 13.2 Å². The number of aryl methyl sites for hydroxylation is 2. The quantitative estimate of drug-likeness (QED) is 0.852. The molecule has 1 aromatic heterocycles. The molecule has 0 bridgehead atoms. The molecule has 1 unspecified atom stereocenters. The average molecular weight is 302 g/mol. The van der Waals surface area contributed by atoms with Crippen molar-refractivity contribution >= 4 is 10.0 Å².